The molecule has 0 aromatic carbocycles. The Morgan fingerprint density at radius 1 is 1.50 bits per heavy atom. The number of rotatable bonds is 3. The molecule has 0 aliphatic carbocycles. The van der Waals surface area contributed by atoms with Gasteiger partial charge in [-0.3, -0.25) is 4.98 Å². The maximum Gasteiger partial charge on any atom is 1.00 e. The number of carboxylic acid groups (broad SMARTS) is 1. The van der Waals surface area contributed by atoms with Crippen LogP contribution in [0.15, 0.2) is 30.0 Å². The number of pyridine rings is 1. The smallest absolute Gasteiger partial charge is 0.543 e. The first kappa shape index (κ1) is 13.8. The van der Waals surface area contributed by atoms with Gasteiger partial charge in [-0.1, -0.05) is 0 Å². The van der Waals surface area contributed by atoms with E-state index in [9.17, 15) is 9.90 Å². The summed E-state index contributed by atoms with van der Waals surface area (Å²) < 4.78 is 0. The first-order valence-corrected chi connectivity index (χ1v) is 4.97. The molecule has 0 aliphatic rings. The van der Waals surface area contributed by atoms with Crippen molar-refractivity contribution >= 4 is 28.0 Å². The zero-order valence-corrected chi connectivity index (χ0v) is 12.4. The monoisotopic (exact) mass is 259 g/mol. The van der Waals surface area contributed by atoms with E-state index in [1.165, 1.54) is 16.8 Å². The van der Waals surface area contributed by atoms with Crippen molar-refractivity contribution in [3.8, 4) is 0 Å². The Morgan fingerprint density at radius 3 is 2.94 bits per heavy atom. The fourth-order valence-corrected chi connectivity index (χ4v) is 1.74. The van der Waals surface area contributed by atoms with E-state index in [1.807, 2.05) is 0 Å². The van der Waals surface area contributed by atoms with E-state index in [-0.39, 0.29) is 57.1 Å². The number of carbonyl (C=O) groups excluding carboxylic acids is 1. The van der Waals surface area contributed by atoms with Gasteiger partial charge in [0.05, 0.1) is 23.4 Å². The van der Waals surface area contributed by atoms with Gasteiger partial charge in [0.15, 0.2) is 0 Å². The van der Waals surface area contributed by atoms with Crippen molar-refractivity contribution in [2.24, 2.45) is 0 Å². The third-order valence-corrected chi connectivity index (χ3v) is 2.42. The molecule has 0 amide bonds. The van der Waals surface area contributed by atoms with Crippen LogP contribution in [0.5, 0.6) is 0 Å². The first-order valence-electron chi connectivity index (χ1n) is 4.09. The summed E-state index contributed by atoms with van der Waals surface area (Å²) in [6.45, 7) is 0. The molecule has 5 nitrogen and oxygen atoms in total. The number of nitrogens with zero attached hydrogens (tertiary/aromatic N) is 2. The fraction of sp³-hybridized carbons (Fsp3) is 0. The van der Waals surface area contributed by atoms with Crippen LogP contribution >= 0.6 is 11.3 Å². The number of aromatic nitrogens is 2. The molecule has 0 fully saturated rings. The van der Waals surface area contributed by atoms with Crippen LogP contribution in [-0.4, -0.2) is 15.9 Å². The van der Waals surface area contributed by atoms with Gasteiger partial charge in [0.25, 0.3) is 0 Å². The second-order valence-corrected chi connectivity index (χ2v) is 3.54. The van der Waals surface area contributed by atoms with Crippen molar-refractivity contribution in [1.82, 2.24) is 9.97 Å². The first-order chi connectivity index (χ1) is 7.27. The summed E-state index contributed by atoms with van der Waals surface area (Å²) in [5.41, 5.74) is 2.08. The number of aromatic carboxylic acids is 1. The molecule has 0 spiro atoms. The van der Waals surface area contributed by atoms with Gasteiger partial charge in [0.2, 0.25) is 0 Å². The molecule has 0 radical (unpaired) electrons. The van der Waals surface area contributed by atoms with Crippen LogP contribution in [0.2, 0.25) is 0 Å². The molecule has 2 rings (SSSR count). The van der Waals surface area contributed by atoms with E-state index >= 15 is 0 Å². The molecule has 0 atom stereocenters. The number of thiazole rings is 1. The fourth-order valence-electron chi connectivity index (χ4n) is 1.05. The van der Waals surface area contributed by atoms with Crippen LogP contribution < -0.4 is 61.8 Å². The summed E-state index contributed by atoms with van der Waals surface area (Å²) in [6.07, 6.45) is 3.23. The van der Waals surface area contributed by atoms with Crippen molar-refractivity contribution in [3.05, 3.63) is 35.7 Å². The van der Waals surface area contributed by atoms with Crippen LogP contribution in [0, 0.1) is 0 Å². The predicted molar refractivity (Wildman–Crippen MR) is 54.0 cm³/mol. The Labute approximate surface area is 138 Å². The second-order valence-electron chi connectivity index (χ2n) is 2.68. The number of hydrogen-bond acceptors (Lipinski definition) is 6. The largest absolute Gasteiger partial charge is 1.00 e. The Morgan fingerprint density at radius 2 is 2.31 bits per heavy atom. The van der Waals surface area contributed by atoms with Gasteiger partial charge in [-0.25, -0.2) is 4.98 Å². The third-order valence-electron chi connectivity index (χ3n) is 1.68. The Hall–Kier alpha value is -0.314. The number of anilines is 2. The zero-order valence-electron chi connectivity index (χ0n) is 8.51. The quantitative estimate of drug-likeness (QED) is 0.624. The number of carbonyl (C=O) groups is 1. The molecule has 76 valence electrons. The molecule has 0 bridgehead atoms. The summed E-state index contributed by atoms with van der Waals surface area (Å²) in [7, 11) is 0. The van der Waals surface area contributed by atoms with E-state index in [4.69, 9.17) is 0 Å². The van der Waals surface area contributed by atoms with E-state index in [0.717, 1.165) is 0 Å². The molecule has 0 saturated heterocycles. The normalized spacial score (nSPS) is 9.25. The van der Waals surface area contributed by atoms with Gasteiger partial charge in [-0.15, -0.1) is 11.3 Å². The molecular formula is C9H6KN3O2S. The molecule has 16 heavy (non-hydrogen) atoms. The van der Waals surface area contributed by atoms with Crippen LogP contribution in [0.4, 0.5) is 10.7 Å². The number of nitrogens with one attached hydrogen (secondary N) is 1. The van der Waals surface area contributed by atoms with Gasteiger partial charge in [-0.2, -0.15) is 0 Å². The van der Waals surface area contributed by atoms with Gasteiger partial charge >= 0.3 is 51.4 Å². The molecule has 2 heterocycles. The van der Waals surface area contributed by atoms with Gasteiger partial charge in [0, 0.05) is 6.20 Å². The minimum absolute atomic E-state index is 0. The van der Waals surface area contributed by atoms with E-state index in [1.54, 1.807) is 24.5 Å². The topological polar surface area (TPSA) is 77.9 Å². The molecule has 2 aromatic rings. The summed E-state index contributed by atoms with van der Waals surface area (Å²) in [5, 5.41) is 14.0. The average Bonchev–Trinajstić information content (AvgIpc) is 2.67. The van der Waals surface area contributed by atoms with Gasteiger partial charge < -0.3 is 15.2 Å². The van der Waals surface area contributed by atoms with Gasteiger partial charge in [0.1, 0.15) is 10.7 Å². The minimum atomic E-state index is -1.29. The molecule has 0 aliphatic heterocycles. The van der Waals surface area contributed by atoms with E-state index in [0.29, 0.717) is 10.7 Å². The van der Waals surface area contributed by atoms with E-state index < -0.39 is 5.97 Å². The van der Waals surface area contributed by atoms with Crippen LogP contribution in [0.3, 0.4) is 0 Å². The van der Waals surface area contributed by atoms with Crippen molar-refractivity contribution in [2.45, 2.75) is 0 Å². The predicted octanol–water partition coefficient (Wildman–Crippen LogP) is -2.35. The maximum atomic E-state index is 10.7. The summed E-state index contributed by atoms with van der Waals surface area (Å²) in [6, 6.07) is 3.54. The zero-order chi connectivity index (χ0) is 10.7. The molecule has 2 aromatic heterocycles. The van der Waals surface area contributed by atoms with E-state index in [2.05, 4.69) is 15.3 Å². The standard InChI is InChI=1S/C9H7N3O2S.K/c13-9(14)7-8(15-5-11-7)12-6-2-1-3-10-4-6;/h1-5,12H,(H,13,14);/q;+1/p-1. The molecule has 1 N–H and O–H groups in total. The molecular weight excluding hydrogens is 253 g/mol. The molecule has 0 unspecified atom stereocenters. The Bertz CT molecular complexity index is 475. The second kappa shape index (κ2) is 6.43. The van der Waals surface area contributed by atoms with Crippen LogP contribution in [0.1, 0.15) is 10.5 Å². The average molecular weight is 259 g/mol. The number of carboxylic acids is 1. The van der Waals surface area contributed by atoms with Crippen LogP contribution in [-0.2, 0) is 0 Å². The summed E-state index contributed by atoms with van der Waals surface area (Å²) >= 11 is 1.20. The van der Waals surface area contributed by atoms with Crippen molar-refractivity contribution in [2.75, 3.05) is 5.32 Å². The van der Waals surface area contributed by atoms with Crippen LogP contribution in [0.25, 0.3) is 0 Å². The van der Waals surface area contributed by atoms with Crippen molar-refractivity contribution < 1.29 is 61.3 Å². The minimum Gasteiger partial charge on any atom is -0.543 e. The van der Waals surface area contributed by atoms with Crippen molar-refractivity contribution in [3.63, 3.8) is 0 Å². The number of hydrogen-bond donors (Lipinski definition) is 1. The Balaban J connectivity index is 0.00000128. The van der Waals surface area contributed by atoms with Crippen molar-refractivity contribution in [1.29, 1.82) is 0 Å². The molecule has 7 heteroatoms. The maximum absolute atomic E-state index is 10.7. The molecule has 0 saturated carbocycles. The third kappa shape index (κ3) is 3.34. The summed E-state index contributed by atoms with van der Waals surface area (Å²) in [5.74, 6) is -1.29. The summed E-state index contributed by atoms with van der Waals surface area (Å²) in [4.78, 5) is 18.2. The Kier molecular flexibility index (Phi) is 5.52. The van der Waals surface area contributed by atoms with Gasteiger partial charge in [-0.05, 0) is 12.1 Å². The SMILES string of the molecule is O=C([O-])c1ncsc1Nc1cccnc1.[K+].